The summed E-state index contributed by atoms with van der Waals surface area (Å²) in [6.45, 7) is 1.65. The van der Waals surface area contributed by atoms with E-state index >= 15 is 0 Å². The first kappa shape index (κ1) is 14.1. The van der Waals surface area contributed by atoms with Crippen LogP contribution in [0.5, 0.6) is 0 Å². The van der Waals surface area contributed by atoms with E-state index in [-0.39, 0.29) is 6.04 Å². The number of hydrogen-bond donors (Lipinski definition) is 1. The van der Waals surface area contributed by atoms with Crippen molar-refractivity contribution in [1.29, 1.82) is 0 Å². The van der Waals surface area contributed by atoms with Crippen LogP contribution < -0.4 is 5.32 Å². The lowest BCUT2D eigenvalue weighted by Gasteiger charge is -2.30. The van der Waals surface area contributed by atoms with Gasteiger partial charge in [0.25, 0.3) is 0 Å². The number of carbonyl (C=O) groups excluding carboxylic acids is 1. The van der Waals surface area contributed by atoms with Crippen molar-refractivity contribution < 1.29 is 4.79 Å². The molecule has 110 valence electrons. The Labute approximate surface area is 125 Å². The fourth-order valence-electron chi connectivity index (χ4n) is 3.06. The molecule has 1 aliphatic rings. The van der Waals surface area contributed by atoms with Gasteiger partial charge in [0, 0.05) is 25.6 Å². The Balaban J connectivity index is 1.82. The molecular weight excluding hydrogens is 260 g/mol. The third kappa shape index (κ3) is 3.08. The second-order valence-electron chi connectivity index (χ2n) is 5.74. The predicted molar refractivity (Wildman–Crippen MR) is 86.2 cm³/mol. The van der Waals surface area contributed by atoms with E-state index in [0.717, 1.165) is 25.9 Å². The summed E-state index contributed by atoms with van der Waals surface area (Å²) >= 11 is 0. The van der Waals surface area contributed by atoms with Crippen LogP contribution in [0, 0.1) is 0 Å². The molecule has 2 aromatic rings. The molecule has 2 aromatic carbocycles. The molecule has 0 saturated carbocycles. The Bertz CT molecular complexity index is 638. The lowest BCUT2D eigenvalue weighted by molar-refractivity contribution is -0.133. The number of hydrogen-bond acceptors (Lipinski definition) is 2. The van der Waals surface area contributed by atoms with Crippen LogP contribution in [0.4, 0.5) is 0 Å². The van der Waals surface area contributed by atoms with Crippen LogP contribution in [-0.4, -0.2) is 30.9 Å². The van der Waals surface area contributed by atoms with Crippen LogP contribution in [0.15, 0.2) is 42.5 Å². The predicted octanol–water partition coefficient (Wildman–Crippen LogP) is 3.11. The van der Waals surface area contributed by atoms with E-state index in [1.54, 1.807) is 0 Å². The van der Waals surface area contributed by atoms with Crippen LogP contribution in [0.1, 0.15) is 30.9 Å². The number of likely N-dealkylation sites (N-methyl/N-ethyl adjacent to an activating group) is 1. The number of carbonyl (C=O) groups is 1. The van der Waals surface area contributed by atoms with Crippen LogP contribution in [-0.2, 0) is 4.79 Å². The lowest BCUT2D eigenvalue weighted by Crippen LogP contribution is -2.40. The fourth-order valence-corrected chi connectivity index (χ4v) is 3.06. The summed E-state index contributed by atoms with van der Waals surface area (Å²) in [5.74, 6) is 0.294. The molecule has 3 nitrogen and oxygen atoms in total. The van der Waals surface area contributed by atoms with Crippen LogP contribution in [0.2, 0.25) is 0 Å². The molecule has 1 unspecified atom stereocenters. The van der Waals surface area contributed by atoms with Crippen molar-refractivity contribution in [2.24, 2.45) is 0 Å². The van der Waals surface area contributed by atoms with E-state index in [1.165, 1.54) is 16.3 Å². The quantitative estimate of drug-likeness (QED) is 0.934. The molecule has 0 aromatic heterocycles. The highest BCUT2D eigenvalue weighted by molar-refractivity contribution is 5.83. The van der Waals surface area contributed by atoms with Crippen LogP contribution in [0.3, 0.4) is 0 Å². The summed E-state index contributed by atoms with van der Waals surface area (Å²) in [4.78, 5) is 14.0. The molecule has 1 fully saturated rings. The Hall–Kier alpha value is -1.87. The second kappa shape index (κ2) is 6.27. The summed E-state index contributed by atoms with van der Waals surface area (Å²) < 4.78 is 0. The van der Waals surface area contributed by atoms with Crippen molar-refractivity contribution in [3.63, 3.8) is 0 Å². The highest BCUT2D eigenvalue weighted by atomic mass is 16.2. The van der Waals surface area contributed by atoms with Crippen molar-refractivity contribution in [1.82, 2.24) is 10.2 Å². The zero-order valence-electron chi connectivity index (χ0n) is 12.5. The summed E-state index contributed by atoms with van der Waals surface area (Å²) in [5.41, 5.74) is 1.24. The van der Waals surface area contributed by atoms with Crippen molar-refractivity contribution in [2.45, 2.75) is 25.3 Å². The van der Waals surface area contributed by atoms with Gasteiger partial charge in [-0.1, -0.05) is 36.4 Å². The topological polar surface area (TPSA) is 32.3 Å². The number of nitrogens with one attached hydrogen (secondary N) is 1. The zero-order valence-corrected chi connectivity index (χ0v) is 12.5. The maximum absolute atomic E-state index is 12.0. The molecule has 0 radical (unpaired) electrons. The first-order valence-electron chi connectivity index (χ1n) is 7.71. The molecule has 1 atom stereocenters. The number of benzene rings is 2. The minimum Gasteiger partial charge on any atom is -0.341 e. The minimum absolute atomic E-state index is 0.191. The van der Waals surface area contributed by atoms with Crippen molar-refractivity contribution in [3.8, 4) is 0 Å². The Kier molecular flexibility index (Phi) is 4.20. The summed E-state index contributed by atoms with van der Waals surface area (Å²) in [6, 6.07) is 15.1. The maximum atomic E-state index is 12.0. The number of rotatable bonds is 4. The minimum atomic E-state index is 0.191. The zero-order chi connectivity index (χ0) is 14.7. The van der Waals surface area contributed by atoms with E-state index in [0.29, 0.717) is 12.3 Å². The summed E-state index contributed by atoms with van der Waals surface area (Å²) in [5, 5.41) is 5.86. The first-order chi connectivity index (χ1) is 10.3. The number of fused-ring (bicyclic) bond motifs is 1. The smallest absolute Gasteiger partial charge is 0.222 e. The van der Waals surface area contributed by atoms with Gasteiger partial charge in [0.15, 0.2) is 0 Å². The Morgan fingerprint density at radius 1 is 1.14 bits per heavy atom. The van der Waals surface area contributed by atoms with Gasteiger partial charge >= 0.3 is 0 Å². The standard InChI is InChI=1S/C18H22N2O/c1-19-17(13-20-11-5-4-8-18(20)21)16-10-9-14-6-2-3-7-15(14)12-16/h2-3,6-7,9-10,12,17,19H,4-5,8,11,13H2,1H3. The van der Waals surface area contributed by atoms with Crippen molar-refractivity contribution >= 4 is 16.7 Å². The SMILES string of the molecule is CNC(CN1CCCCC1=O)c1ccc2ccccc2c1. The third-order valence-corrected chi connectivity index (χ3v) is 4.35. The van der Waals surface area contributed by atoms with Gasteiger partial charge in [-0.3, -0.25) is 4.79 Å². The average molecular weight is 282 g/mol. The van der Waals surface area contributed by atoms with E-state index in [9.17, 15) is 4.79 Å². The number of piperidine rings is 1. The van der Waals surface area contributed by atoms with Gasteiger partial charge in [0.2, 0.25) is 5.91 Å². The third-order valence-electron chi connectivity index (χ3n) is 4.35. The second-order valence-corrected chi connectivity index (χ2v) is 5.74. The molecule has 1 saturated heterocycles. The molecule has 0 aliphatic carbocycles. The molecule has 1 amide bonds. The molecule has 0 bridgehead atoms. The van der Waals surface area contributed by atoms with Crippen LogP contribution in [0.25, 0.3) is 10.8 Å². The Morgan fingerprint density at radius 3 is 2.71 bits per heavy atom. The van der Waals surface area contributed by atoms with E-state index < -0.39 is 0 Å². The van der Waals surface area contributed by atoms with Gasteiger partial charge in [-0.25, -0.2) is 0 Å². The monoisotopic (exact) mass is 282 g/mol. The lowest BCUT2D eigenvalue weighted by atomic mass is 10.0. The number of nitrogens with zero attached hydrogens (tertiary/aromatic N) is 1. The van der Waals surface area contributed by atoms with Gasteiger partial charge < -0.3 is 10.2 Å². The van der Waals surface area contributed by atoms with E-state index in [1.807, 2.05) is 11.9 Å². The highest BCUT2D eigenvalue weighted by Gasteiger charge is 2.21. The molecule has 1 heterocycles. The Morgan fingerprint density at radius 2 is 1.95 bits per heavy atom. The fraction of sp³-hybridized carbons (Fsp3) is 0.389. The van der Waals surface area contributed by atoms with Gasteiger partial charge in [-0.2, -0.15) is 0 Å². The molecule has 1 aliphatic heterocycles. The number of amides is 1. The first-order valence-corrected chi connectivity index (χ1v) is 7.71. The van der Waals surface area contributed by atoms with Crippen LogP contribution >= 0.6 is 0 Å². The molecule has 21 heavy (non-hydrogen) atoms. The van der Waals surface area contributed by atoms with Gasteiger partial charge in [-0.05, 0) is 42.3 Å². The van der Waals surface area contributed by atoms with Crippen molar-refractivity contribution in [2.75, 3.05) is 20.1 Å². The molecule has 3 heteroatoms. The summed E-state index contributed by atoms with van der Waals surface area (Å²) in [6.07, 6.45) is 2.86. The largest absolute Gasteiger partial charge is 0.341 e. The molecule has 1 N–H and O–H groups in total. The average Bonchev–Trinajstić information content (AvgIpc) is 2.54. The van der Waals surface area contributed by atoms with Gasteiger partial charge in [-0.15, -0.1) is 0 Å². The number of likely N-dealkylation sites (tertiary alicyclic amines) is 1. The molecular formula is C18H22N2O. The van der Waals surface area contributed by atoms with E-state index in [2.05, 4.69) is 47.8 Å². The molecule has 0 spiro atoms. The van der Waals surface area contributed by atoms with Gasteiger partial charge in [0.05, 0.1) is 0 Å². The highest BCUT2D eigenvalue weighted by Crippen LogP contribution is 2.22. The van der Waals surface area contributed by atoms with E-state index in [4.69, 9.17) is 0 Å². The summed E-state index contributed by atoms with van der Waals surface area (Å²) in [7, 11) is 1.97. The van der Waals surface area contributed by atoms with Crippen molar-refractivity contribution in [3.05, 3.63) is 48.0 Å². The van der Waals surface area contributed by atoms with Gasteiger partial charge in [0.1, 0.15) is 0 Å². The normalized spacial score (nSPS) is 17.2. The maximum Gasteiger partial charge on any atom is 0.222 e. The molecule has 3 rings (SSSR count).